The number of anilines is 1. The first-order chi connectivity index (χ1) is 16.9. The van der Waals surface area contributed by atoms with Crippen molar-refractivity contribution in [2.45, 2.75) is 32.1 Å². The van der Waals surface area contributed by atoms with Gasteiger partial charge in [0.2, 0.25) is 5.91 Å². The maximum absolute atomic E-state index is 12.6. The summed E-state index contributed by atoms with van der Waals surface area (Å²) in [5, 5.41) is 14.7. The minimum absolute atomic E-state index is 0.146. The Labute approximate surface area is 208 Å². The number of hydrogen-bond donors (Lipinski definition) is 2. The Kier molecular flexibility index (Phi) is 8.96. The van der Waals surface area contributed by atoms with Crippen molar-refractivity contribution < 1.29 is 23.8 Å². The predicted octanol–water partition coefficient (Wildman–Crippen LogP) is 3.29. The maximum Gasteiger partial charge on any atom is 0.251 e. The third-order valence-electron chi connectivity index (χ3n) is 5.12. The molecule has 0 spiro atoms. The van der Waals surface area contributed by atoms with Gasteiger partial charge in [-0.15, -0.1) is 10.2 Å². The summed E-state index contributed by atoms with van der Waals surface area (Å²) in [7, 11) is 4.61. The van der Waals surface area contributed by atoms with Crippen LogP contribution in [-0.4, -0.2) is 53.7 Å². The number of aryl methyl sites for hydroxylation is 1. The molecule has 11 heteroatoms. The van der Waals surface area contributed by atoms with E-state index in [0.29, 0.717) is 46.0 Å². The lowest BCUT2D eigenvalue weighted by Gasteiger charge is -2.12. The Bertz CT molecular complexity index is 1200. The van der Waals surface area contributed by atoms with Crippen molar-refractivity contribution in [3.8, 4) is 17.2 Å². The van der Waals surface area contributed by atoms with Gasteiger partial charge < -0.3 is 29.4 Å². The van der Waals surface area contributed by atoms with Gasteiger partial charge in [0, 0.05) is 12.1 Å². The number of carbonyl (C=O) groups excluding carboxylic acids is 2. The molecule has 2 aromatic carbocycles. The average molecular weight is 500 g/mol. The van der Waals surface area contributed by atoms with Crippen LogP contribution < -0.4 is 24.8 Å². The van der Waals surface area contributed by atoms with E-state index in [1.54, 1.807) is 25.3 Å². The Morgan fingerprint density at radius 1 is 0.971 bits per heavy atom. The predicted molar refractivity (Wildman–Crippen MR) is 133 cm³/mol. The van der Waals surface area contributed by atoms with Gasteiger partial charge in [0.25, 0.3) is 5.91 Å². The smallest absolute Gasteiger partial charge is 0.251 e. The highest BCUT2D eigenvalue weighted by Gasteiger charge is 2.16. The number of thioether (sulfide) groups is 1. The molecule has 0 radical (unpaired) electrons. The molecule has 35 heavy (non-hydrogen) atoms. The second-order valence-electron chi connectivity index (χ2n) is 7.44. The third kappa shape index (κ3) is 6.44. The summed E-state index contributed by atoms with van der Waals surface area (Å²) in [6.07, 6.45) is 0. The molecule has 2 N–H and O–H groups in total. The summed E-state index contributed by atoms with van der Waals surface area (Å²) in [5.74, 6) is 1.87. The van der Waals surface area contributed by atoms with Crippen LogP contribution in [-0.2, 0) is 17.9 Å². The number of ether oxygens (including phenoxy) is 3. The van der Waals surface area contributed by atoms with Crippen LogP contribution in [0.15, 0.2) is 41.6 Å². The highest BCUT2D eigenvalue weighted by molar-refractivity contribution is 7.99. The standard InChI is InChI=1S/C24H29N5O5S/c1-6-29-21(13-25-23(31)16-8-10-19(33-4)20(12-16)34-5)27-28-24(29)35-14-22(30)26-17-11-15(2)7-9-18(17)32-3/h7-12H,6,13-14H2,1-5H3,(H,25,31)(H,26,30). The SMILES string of the molecule is CCn1c(CNC(=O)c2ccc(OC)c(OC)c2)nnc1SCC(=O)Nc1cc(C)ccc1OC. The molecule has 0 bridgehead atoms. The van der Waals surface area contributed by atoms with Gasteiger partial charge in [-0.2, -0.15) is 0 Å². The second-order valence-corrected chi connectivity index (χ2v) is 8.38. The molecular formula is C24H29N5O5S. The molecule has 186 valence electrons. The summed E-state index contributed by atoms with van der Waals surface area (Å²) in [4.78, 5) is 25.1. The van der Waals surface area contributed by atoms with E-state index >= 15 is 0 Å². The number of benzene rings is 2. The number of rotatable bonds is 11. The molecule has 3 aromatic rings. The molecule has 0 aliphatic carbocycles. The van der Waals surface area contributed by atoms with Crippen molar-refractivity contribution in [3.63, 3.8) is 0 Å². The Hall–Kier alpha value is -3.73. The Morgan fingerprint density at radius 3 is 2.37 bits per heavy atom. The first kappa shape index (κ1) is 25.9. The number of methoxy groups -OCH3 is 3. The van der Waals surface area contributed by atoms with Crippen LogP contribution in [0.25, 0.3) is 0 Å². The minimum Gasteiger partial charge on any atom is -0.495 e. The van der Waals surface area contributed by atoms with Crippen molar-refractivity contribution in [1.29, 1.82) is 0 Å². The molecule has 0 aliphatic rings. The topological polar surface area (TPSA) is 117 Å². The zero-order chi connectivity index (χ0) is 25.4. The van der Waals surface area contributed by atoms with Gasteiger partial charge in [0.05, 0.1) is 39.3 Å². The summed E-state index contributed by atoms with van der Waals surface area (Å²) < 4.78 is 17.6. The van der Waals surface area contributed by atoms with E-state index in [1.165, 1.54) is 26.0 Å². The fourth-order valence-corrected chi connectivity index (χ4v) is 4.17. The molecule has 3 rings (SSSR count). The molecule has 2 amide bonds. The van der Waals surface area contributed by atoms with Gasteiger partial charge >= 0.3 is 0 Å². The normalized spacial score (nSPS) is 10.5. The monoisotopic (exact) mass is 499 g/mol. The van der Waals surface area contributed by atoms with Crippen molar-refractivity contribution >= 4 is 29.3 Å². The molecule has 10 nitrogen and oxygen atoms in total. The lowest BCUT2D eigenvalue weighted by Crippen LogP contribution is -2.25. The van der Waals surface area contributed by atoms with E-state index < -0.39 is 0 Å². The average Bonchev–Trinajstić information content (AvgIpc) is 3.27. The van der Waals surface area contributed by atoms with E-state index in [2.05, 4.69) is 20.8 Å². The molecule has 0 saturated carbocycles. The van der Waals surface area contributed by atoms with Crippen LogP contribution in [0, 0.1) is 6.92 Å². The van der Waals surface area contributed by atoms with Crippen LogP contribution >= 0.6 is 11.8 Å². The number of amides is 2. The van der Waals surface area contributed by atoms with Gasteiger partial charge in [-0.3, -0.25) is 9.59 Å². The highest BCUT2D eigenvalue weighted by atomic mass is 32.2. The molecule has 0 unspecified atom stereocenters. The fourth-order valence-electron chi connectivity index (χ4n) is 3.35. The maximum atomic E-state index is 12.6. The number of nitrogens with zero attached hydrogens (tertiary/aromatic N) is 3. The second kappa shape index (κ2) is 12.1. The number of hydrogen-bond acceptors (Lipinski definition) is 8. The van der Waals surface area contributed by atoms with Gasteiger partial charge in [-0.25, -0.2) is 0 Å². The lowest BCUT2D eigenvalue weighted by molar-refractivity contribution is -0.113. The van der Waals surface area contributed by atoms with Crippen LogP contribution in [0.4, 0.5) is 5.69 Å². The van der Waals surface area contributed by atoms with Crippen LogP contribution in [0.5, 0.6) is 17.2 Å². The Morgan fingerprint density at radius 2 is 1.69 bits per heavy atom. The summed E-state index contributed by atoms with van der Waals surface area (Å²) in [6, 6.07) is 10.5. The number of carbonyl (C=O) groups is 2. The van der Waals surface area contributed by atoms with E-state index in [-0.39, 0.29) is 24.1 Å². The van der Waals surface area contributed by atoms with Gasteiger partial charge in [-0.1, -0.05) is 17.8 Å². The minimum atomic E-state index is -0.280. The third-order valence-corrected chi connectivity index (χ3v) is 6.09. The first-order valence-corrected chi connectivity index (χ1v) is 11.9. The summed E-state index contributed by atoms with van der Waals surface area (Å²) >= 11 is 1.27. The molecule has 0 fully saturated rings. The first-order valence-electron chi connectivity index (χ1n) is 10.9. The van der Waals surface area contributed by atoms with Crippen molar-refractivity contribution in [2.75, 3.05) is 32.4 Å². The van der Waals surface area contributed by atoms with Crippen LogP contribution in [0.2, 0.25) is 0 Å². The van der Waals surface area contributed by atoms with Crippen molar-refractivity contribution in [1.82, 2.24) is 20.1 Å². The summed E-state index contributed by atoms with van der Waals surface area (Å²) in [6.45, 7) is 4.66. The molecule has 0 atom stereocenters. The van der Waals surface area contributed by atoms with E-state index in [9.17, 15) is 9.59 Å². The van der Waals surface area contributed by atoms with Gasteiger partial charge in [-0.05, 0) is 49.7 Å². The molecular weight excluding hydrogens is 470 g/mol. The van der Waals surface area contributed by atoms with Crippen LogP contribution in [0.3, 0.4) is 0 Å². The number of nitrogens with one attached hydrogen (secondary N) is 2. The number of aromatic nitrogens is 3. The van der Waals surface area contributed by atoms with E-state index in [0.717, 1.165) is 5.56 Å². The molecule has 0 aliphatic heterocycles. The van der Waals surface area contributed by atoms with Crippen molar-refractivity contribution in [3.05, 3.63) is 53.3 Å². The lowest BCUT2D eigenvalue weighted by atomic mass is 10.2. The Balaban J connectivity index is 1.60. The zero-order valence-electron chi connectivity index (χ0n) is 20.4. The van der Waals surface area contributed by atoms with Crippen LogP contribution in [0.1, 0.15) is 28.7 Å². The zero-order valence-corrected chi connectivity index (χ0v) is 21.2. The molecule has 1 aromatic heterocycles. The molecule has 0 saturated heterocycles. The van der Waals surface area contributed by atoms with Gasteiger partial charge in [0.15, 0.2) is 22.5 Å². The van der Waals surface area contributed by atoms with E-state index in [1.807, 2.05) is 36.6 Å². The summed E-state index contributed by atoms with van der Waals surface area (Å²) in [5.41, 5.74) is 2.07. The van der Waals surface area contributed by atoms with Gasteiger partial charge in [0.1, 0.15) is 5.75 Å². The van der Waals surface area contributed by atoms with E-state index in [4.69, 9.17) is 14.2 Å². The largest absolute Gasteiger partial charge is 0.495 e. The highest BCUT2D eigenvalue weighted by Crippen LogP contribution is 2.28. The molecule has 1 heterocycles. The quantitative estimate of drug-likeness (QED) is 0.386. The fraction of sp³-hybridized carbons (Fsp3) is 0.333. The van der Waals surface area contributed by atoms with Crippen molar-refractivity contribution in [2.24, 2.45) is 0 Å².